The highest BCUT2D eigenvalue weighted by Gasteiger charge is 2.27. The number of hydrogen-bond acceptors (Lipinski definition) is 3. The van der Waals surface area contributed by atoms with Crippen LogP contribution in [0.2, 0.25) is 0 Å². The van der Waals surface area contributed by atoms with Crippen LogP contribution in [-0.4, -0.2) is 35.6 Å². The number of aryl methyl sites for hydroxylation is 1. The molecule has 23 heavy (non-hydrogen) atoms. The van der Waals surface area contributed by atoms with E-state index in [4.69, 9.17) is 0 Å². The average molecular weight is 310 g/mol. The van der Waals surface area contributed by atoms with Gasteiger partial charge in [0.25, 0.3) is 5.91 Å². The van der Waals surface area contributed by atoms with Crippen LogP contribution in [-0.2, 0) is 0 Å². The molecule has 1 saturated heterocycles. The number of rotatable bonds is 4. The van der Waals surface area contributed by atoms with Crippen molar-refractivity contribution in [3.63, 3.8) is 0 Å². The number of nitrogens with one attached hydrogen (secondary N) is 1. The molecule has 1 unspecified atom stereocenters. The molecule has 0 saturated carbocycles. The van der Waals surface area contributed by atoms with Gasteiger partial charge in [-0.3, -0.25) is 4.79 Å². The molecule has 3 rings (SSSR count). The van der Waals surface area contributed by atoms with Crippen molar-refractivity contribution in [1.82, 2.24) is 4.90 Å². The van der Waals surface area contributed by atoms with Gasteiger partial charge in [0.2, 0.25) is 0 Å². The molecule has 2 aromatic carbocycles. The SMILES string of the molecule is Cc1ccc(Nc2ccccc2C(=O)N2CCC(CO)C2)cc1. The van der Waals surface area contributed by atoms with E-state index >= 15 is 0 Å². The second-order valence-corrected chi connectivity index (χ2v) is 6.13. The number of benzene rings is 2. The van der Waals surface area contributed by atoms with Gasteiger partial charge in [-0.2, -0.15) is 0 Å². The first-order valence-corrected chi connectivity index (χ1v) is 8.00. The fourth-order valence-electron chi connectivity index (χ4n) is 2.91. The van der Waals surface area contributed by atoms with Crippen LogP contribution in [0.15, 0.2) is 48.5 Å². The molecule has 1 aliphatic rings. The summed E-state index contributed by atoms with van der Waals surface area (Å²) in [5.41, 5.74) is 3.65. The van der Waals surface area contributed by atoms with Gasteiger partial charge in [-0.25, -0.2) is 0 Å². The van der Waals surface area contributed by atoms with E-state index in [9.17, 15) is 9.90 Å². The van der Waals surface area contributed by atoms with Gasteiger partial charge in [0, 0.05) is 31.3 Å². The van der Waals surface area contributed by atoms with E-state index in [1.165, 1.54) is 5.56 Å². The van der Waals surface area contributed by atoms with Crippen molar-refractivity contribution in [3.8, 4) is 0 Å². The minimum Gasteiger partial charge on any atom is -0.396 e. The predicted octanol–water partition coefficient (Wildman–Crippen LogP) is 3.19. The van der Waals surface area contributed by atoms with E-state index in [0.717, 1.165) is 17.8 Å². The number of nitrogens with zero attached hydrogens (tertiary/aromatic N) is 1. The smallest absolute Gasteiger partial charge is 0.255 e. The first kappa shape index (κ1) is 15.6. The molecule has 4 nitrogen and oxygen atoms in total. The largest absolute Gasteiger partial charge is 0.396 e. The fraction of sp³-hybridized carbons (Fsp3) is 0.316. The Hall–Kier alpha value is -2.33. The Labute approximate surface area is 136 Å². The molecule has 1 heterocycles. The molecule has 0 aromatic heterocycles. The van der Waals surface area contributed by atoms with E-state index in [1.54, 1.807) is 0 Å². The molecule has 0 radical (unpaired) electrons. The summed E-state index contributed by atoms with van der Waals surface area (Å²) >= 11 is 0. The lowest BCUT2D eigenvalue weighted by atomic mass is 10.1. The number of amides is 1. The van der Waals surface area contributed by atoms with Gasteiger partial charge in [0.05, 0.1) is 11.3 Å². The molecule has 2 aromatic rings. The van der Waals surface area contributed by atoms with Crippen LogP contribution >= 0.6 is 0 Å². The highest BCUT2D eigenvalue weighted by atomic mass is 16.3. The van der Waals surface area contributed by atoms with Crippen molar-refractivity contribution in [2.45, 2.75) is 13.3 Å². The van der Waals surface area contributed by atoms with Gasteiger partial charge < -0.3 is 15.3 Å². The minimum atomic E-state index is 0.0242. The summed E-state index contributed by atoms with van der Waals surface area (Å²) in [5.74, 6) is 0.229. The van der Waals surface area contributed by atoms with Crippen LogP contribution in [0.1, 0.15) is 22.3 Å². The number of anilines is 2. The summed E-state index contributed by atoms with van der Waals surface area (Å²) in [6.07, 6.45) is 0.871. The molecule has 1 aliphatic heterocycles. The Morgan fingerprint density at radius 1 is 1.22 bits per heavy atom. The predicted molar refractivity (Wildman–Crippen MR) is 92.0 cm³/mol. The molecule has 0 bridgehead atoms. The maximum atomic E-state index is 12.8. The summed E-state index contributed by atoms with van der Waals surface area (Å²) in [5, 5.41) is 12.6. The second-order valence-electron chi connectivity index (χ2n) is 6.13. The molecule has 1 amide bonds. The number of hydrogen-bond donors (Lipinski definition) is 2. The molecule has 120 valence electrons. The molecule has 4 heteroatoms. The maximum absolute atomic E-state index is 12.8. The third-order valence-electron chi connectivity index (χ3n) is 4.32. The molecule has 0 aliphatic carbocycles. The fourth-order valence-corrected chi connectivity index (χ4v) is 2.91. The van der Waals surface area contributed by atoms with Crippen molar-refractivity contribution in [1.29, 1.82) is 0 Å². The number of likely N-dealkylation sites (tertiary alicyclic amines) is 1. The molecule has 0 spiro atoms. The van der Waals surface area contributed by atoms with Crippen LogP contribution in [0, 0.1) is 12.8 Å². The normalized spacial score (nSPS) is 17.3. The van der Waals surface area contributed by atoms with Gasteiger partial charge in [-0.1, -0.05) is 29.8 Å². The number of aliphatic hydroxyl groups excluding tert-OH is 1. The topological polar surface area (TPSA) is 52.6 Å². The van der Waals surface area contributed by atoms with Crippen LogP contribution < -0.4 is 5.32 Å². The van der Waals surface area contributed by atoms with E-state index in [0.29, 0.717) is 18.7 Å². The molecule has 1 atom stereocenters. The standard InChI is InChI=1S/C19H22N2O2/c1-14-6-8-16(9-7-14)20-18-5-3-2-4-17(18)19(23)21-11-10-15(12-21)13-22/h2-9,15,20,22H,10-13H2,1H3. The van der Waals surface area contributed by atoms with Crippen molar-refractivity contribution in [2.75, 3.05) is 25.0 Å². The molecular weight excluding hydrogens is 288 g/mol. The lowest BCUT2D eigenvalue weighted by Crippen LogP contribution is -2.29. The number of para-hydroxylation sites is 1. The van der Waals surface area contributed by atoms with E-state index in [-0.39, 0.29) is 18.4 Å². The zero-order chi connectivity index (χ0) is 16.2. The quantitative estimate of drug-likeness (QED) is 0.912. The average Bonchev–Trinajstić information content (AvgIpc) is 3.06. The third kappa shape index (κ3) is 3.54. The summed E-state index contributed by atoms with van der Waals surface area (Å²) in [6.45, 7) is 3.54. The Kier molecular flexibility index (Phi) is 4.63. The van der Waals surface area contributed by atoms with E-state index in [1.807, 2.05) is 60.4 Å². The Morgan fingerprint density at radius 3 is 2.65 bits per heavy atom. The van der Waals surface area contributed by atoms with Crippen LogP contribution in [0.5, 0.6) is 0 Å². The Bertz CT molecular complexity index is 682. The van der Waals surface area contributed by atoms with E-state index in [2.05, 4.69) is 5.32 Å². The van der Waals surface area contributed by atoms with Crippen LogP contribution in [0.3, 0.4) is 0 Å². The zero-order valence-electron chi connectivity index (χ0n) is 13.3. The Balaban J connectivity index is 1.80. The lowest BCUT2D eigenvalue weighted by Gasteiger charge is -2.19. The van der Waals surface area contributed by atoms with Gasteiger partial charge in [-0.15, -0.1) is 0 Å². The second kappa shape index (κ2) is 6.84. The van der Waals surface area contributed by atoms with Crippen LogP contribution in [0.4, 0.5) is 11.4 Å². The van der Waals surface area contributed by atoms with Crippen LogP contribution in [0.25, 0.3) is 0 Å². The van der Waals surface area contributed by atoms with Crippen molar-refractivity contribution in [2.24, 2.45) is 5.92 Å². The first-order valence-electron chi connectivity index (χ1n) is 8.00. The summed E-state index contributed by atoms with van der Waals surface area (Å²) in [7, 11) is 0. The van der Waals surface area contributed by atoms with E-state index < -0.39 is 0 Å². The summed E-state index contributed by atoms with van der Waals surface area (Å²) < 4.78 is 0. The zero-order valence-corrected chi connectivity index (χ0v) is 13.3. The molecule has 1 fully saturated rings. The van der Waals surface area contributed by atoms with Gasteiger partial charge in [0.1, 0.15) is 0 Å². The highest BCUT2D eigenvalue weighted by molar-refractivity contribution is 6.00. The minimum absolute atomic E-state index is 0.0242. The lowest BCUT2D eigenvalue weighted by molar-refractivity contribution is 0.0783. The van der Waals surface area contributed by atoms with Crippen molar-refractivity contribution < 1.29 is 9.90 Å². The Morgan fingerprint density at radius 2 is 1.96 bits per heavy atom. The first-order chi connectivity index (χ1) is 11.2. The summed E-state index contributed by atoms with van der Waals surface area (Å²) in [6, 6.07) is 15.7. The molecule has 2 N–H and O–H groups in total. The van der Waals surface area contributed by atoms with Gasteiger partial charge >= 0.3 is 0 Å². The number of aliphatic hydroxyl groups is 1. The summed E-state index contributed by atoms with van der Waals surface area (Å²) in [4.78, 5) is 14.6. The highest BCUT2D eigenvalue weighted by Crippen LogP contribution is 2.25. The monoisotopic (exact) mass is 310 g/mol. The third-order valence-corrected chi connectivity index (χ3v) is 4.32. The van der Waals surface area contributed by atoms with Crippen molar-refractivity contribution in [3.05, 3.63) is 59.7 Å². The maximum Gasteiger partial charge on any atom is 0.255 e. The number of carbonyl (C=O) groups excluding carboxylic acids is 1. The number of carbonyl (C=O) groups is 1. The molecular formula is C19H22N2O2. The van der Waals surface area contributed by atoms with Gasteiger partial charge in [0.15, 0.2) is 0 Å². The van der Waals surface area contributed by atoms with Crippen molar-refractivity contribution >= 4 is 17.3 Å². The van der Waals surface area contributed by atoms with Gasteiger partial charge in [-0.05, 0) is 37.6 Å².